The summed E-state index contributed by atoms with van der Waals surface area (Å²) < 4.78 is 0. The van der Waals surface area contributed by atoms with Crippen LogP contribution in [0.3, 0.4) is 0 Å². The molecule has 0 bridgehead atoms. The molecule has 106 valence electrons. The van der Waals surface area contributed by atoms with Crippen molar-refractivity contribution in [2.75, 3.05) is 0 Å². The molecule has 0 nitrogen and oxygen atoms in total. The Hall–Kier alpha value is -2.86. The molecule has 0 heteroatoms. The van der Waals surface area contributed by atoms with Gasteiger partial charge in [0, 0.05) is 0 Å². The Labute approximate surface area is 133 Å². The maximum Gasteiger partial charge on any atom is -0.00204 e. The van der Waals surface area contributed by atoms with E-state index in [1.54, 1.807) is 0 Å². The summed E-state index contributed by atoms with van der Waals surface area (Å²) in [7, 11) is 0. The number of allylic oxidation sites excluding steroid dienone is 2. The van der Waals surface area contributed by atoms with E-state index < -0.39 is 0 Å². The normalized spacial score (nSPS) is 14.9. The first-order chi connectivity index (χ1) is 11.4. The zero-order chi connectivity index (χ0) is 15.0. The first-order valence-corrected chi connectivity index (χ1v) is 8.20. The van der Waals surface area contributed by atoms with Crippen LogP contribution in [0, 0.1) is 0 Å². The highest BCUT2D eigenvalue weighted by molar-refractivity contribution is 6.21. The summed E-state index contributed by atoms with van der Waals surface area (Å²) in [6.45, 7) is 0. The van der Waals surface area contributed by atoms with Crippen LogP contribution >= 0.6 is 0 Å². The Kier molecular flexibility index (Phi) is 1.98. The highest BCUT2D eigenvalue weighted by Gasteiger charge is 2.18. The second-order valence-corrected chi connectivity index (χ2v) is 6.54. The molecule has 2 aliphatic carbocycles. The Morgan fingerprint density at radius 3 is 2.57 bits per heavy atom. The molecular formula is C23H14. The number of fused-ring (bicyclic) bond motifs is 4. The van der Waals surface area contributed by atoms with Crippen molar-refractivity contribution in [3.05, 3.63) is 76.7 Å². The molecule has 6 rings (SSSR count). The average Bonchev–Trinajstić information content (AvgIpc) is 2.98. The van der Waals surface area contributed by atoms with Crippen LogP contribution in [-0.2, 0) is 0 Å². The van der Waals surface area contributed by atoms with Crippen LogP contribution in [0.25, 0.3) is 50.0 Å². The SMILES string of the molecule is C1=C2C=c3cc4c5ccccc5ccc4c4ccc(c2c34)=CC1. The smallest absolute Gasteiger partial charge is 0.00204 e. The van der Waals surface area contributed by atoms with Crippen molar-refractivity contribution in [3.8, 4) is 0 Å². The molecule has 0 heterocycles. The summed E-state index contributed by atoms with van der Waals surface area (Å²) in [5, 5.41) is 11.0. The average molecular weight is 290 g/mol. The summed E-state index contributed by atoms with van der Waals surface area (Å²) >= 11 is 0. The van der Waals surface area contributed by atoms with Crippen molar-refractivity contribution < 1.29 is 0 Å². The number of hydrogen-bond donors (Lipinski definition) is 0. The van der Waals surface area contributed by atoms with Crippen LogP contribution in [-0.4, -0.2) is 0 Å². The highest BCUT2D eigenvalue weighted by atomic mass is 14.2. The molecule has 0 aliphatic heterocycles. The molecule has 0 N–H and O–H groups in total. The third-order valence-electron chi connectivity index (χ3n) is 5.36. The topological polar surface area (TPSA) is 0 Å². The van der Waals surface area contributed by atoms with Crippen LogP contribution in [0.4, 0.5) is 0 Å². The lowest BCUT2D eigenvalue weighted by Gasteiger charge is -2.11. The van der Waals surface area contributed by atoms with Gasteiger partial charge in [0.1, 0.15) is 0 Å². The van der Waals surface area contributed by atoms with Gasteiger partial charge in [-0.1, -0.05) is 60.7 Å². The Morgan fingerprint density at radius 2 is 1.57 bits per heavy atom. The molecule has 23 heavy (non-hydrogen) atoms. The second kappa shape index (κ2) is 3.91. The minimum Gasteiger partial charge on any atom is -0.0728 e. The lowest BCUT2D eigenvalue weighted by atomic mass is 9.92. The summed E-state index contributed by atoms with van der Waals surface area (Å²) in [5.74, 6) is 0. The van der Waals surface area contributed by atoms with Gasteiger partial charge in [0.2, 0.25) is 0 Å². The van der Waals surface area contributed by atoms with Crippen molar-refractivity contribution in [3.63, 3.8) is 0 Å². The fraction of sp³-hybridized carbons (Fsp3) is 0.0435. The monoisotopic (exact) mass is 290 g/mol. The zero-order valence-electron chi connectivity index (χ0n) is 12.6. The molecule has 0 atom stereocenters. The fourth-order valence-corrected chi connectivity index (χ4v) is 4.37. The Morgan fingerprint density at radius 1 is 0.652 bits per heavy atom. The van der Waals surface area contributed by atoms with Gasteiger partial charge in [-0.05, 0) is 72.5 Å². The third-order valence-corrected chi connectivity index (χ3v) is 5.36. The van der Waals surface area contributed by atoms with Crippen LogP contribution in [0.15, 0.2) is 60.7 Å². The van der Waals surface area contributed by atoms with Crippen LogP contribution in [0.1, 0.15) is 12.0 Å². The van der Waals surface area contributed by atoms with E-state index in [9.17, 15) is 0 Å². The summed E-state index contributed by atoms with van der Waals surface area (Å²) in [5.41, 5.74) is 2.85. The standard InChI is InChI=1S/C23H14/c1-2-7-18-14(4-1)8-10-19-20-11-9-15-5-3-6-16-12-17(13-21(18)19)23(20)22(15)16/h1-2,4-13H,3H2. The first kappa shape index (κ1) is 11.7. The van der Waals surface area contributed by atoms with E-state index in [4.69, 9.17) is 0 Å². The van der Waals surface area contributed by atoms with Gasteiger partial charge in [0.15, 0.2) is 0 Å². The van der Waals surface area contributed by atoms with Gasteiger partial charge in [0.05, 0.1) is 0 Å². The van der Waals surface area contributed by atoms with E-state index >= 15 is 0 Å². The summed E-state index contributed by atoms with van der Waals surface area (Å²) in [6.07, 6.45) is 8.10. The lowest BCUT2D eigenvalue weighted by Crippen LogP contribution is -2.10. The molecule has 0 unspecified atom stereocenters. The van der Waals surface area contributed by atoms with E-state index in [0.717, 1.165) is 6.42 Å². The fourth-order valence-electron chi connectivity index (χ4n) is 4.37. The molecule has 0 fully saturated rings. The maximum atomic E-state index is 2.39. The molecule has 0 radical (unpaired) electrons. The molecular weight excluding hydrogens is 276 g/mol. The number of hydrogen-bond acceptors (Lipinski definition) is 0. The Bertz CT molecular complexity index is 1320. The maximum absolute atomic E-state index is 2.39. The van der Waals surface area contributed by atoms with Gasteiger partial charge in [0.25, 0.3) is 0 Å². The van der Waals surface area contributed by atoms with Crippen LogP contribution in [0.2, 0.25) is 0 Å². The minimum absolute atomic E-state index is 1.04. The van der Waals surface area contributed by atoms with Gasteiger partial charge in [-0.25, -0.2) is 0 Å². The van der Waals surface area contributed by atoms with Crippen molar-refractivity contribution >= 4 is 50.0 Å². The molecule has 0 amide bonds. The molecule has 2 aliphatic rings. The molecule has 4 aromatic carbocycles. The lowest BCUT2D eigenvalue weighted by molar-refractivity contribution is 1.42. The van der Waals surface area contributed by atoms with E-state index in [0.29, 0.717) is 0 Å². The van der Waals surface area contributed by atoms with E-state index in [1.807, 2.05) is 0 Å². The summed E-state index contributed by atoms with van der Waals surface area (Å²) in [6, 6.07) is 20.2. The van der Waals surface area contributed by atoms with E-state index in [-0.39, 0.29) is 0 Å². The first-order valence-electron chi connectivity index (χ1n) is 8.20. The van der Waals surface area contributed by atoms with Crippen LogP contribution in [0.5, 0.6) is 0 Å². The van der Waals surface area contributed by atoms with Gasteiger partial charge in [-0.3, -0.25) is 0 Å². The summed E-state index contributed by atoms with van der Waals surface area (Å²) in [4.78, 5) is 0. The number of benzene rings is 4. The molecule has 0 saturated heterocycles. The van der Waals surface area contributed by atoms with Crippen molar-refractivity contribution in [2.45, 2.75) is 6.42 Å². The quantitative estimate of drug-likeness (QED) is 0.418. The number of rotatable bonds is 0. The van der Waals surface area contributed by atoms with Crippen molar-refractivity contribution in [1.82, 2.24) is 0 Å². The molecule has 0 spiro atoms. The van der Waals surface area contributed by atoms with Gasteiger partial charge < -0.3 is 0 Å². The molecule has 0 aromatic heterocycles. The highest BCUT2D eigenvalue weighted by Crippen LogP contribution is 2.34. The van der Waals surface area contributed by atoms with Gasteiger partial charge in [-0.2, -0.15) is 0 Å². The predicted octanol–water partition coefficient (Wildman–Crippen LogP) is 4.51. The van der Waals surface area contributed by atoms with Gasteiger partial charge >= 0.3 is 0 Å². The molecule has 4 aromatic rings. The van der Waals surface area contributed by atoms with Crippen molar-refractivity contribution in [2.24, 2.45) is 0 Å². The Balaban J connectivity index is 1.97. The molecule has 0 saturated carbocycles. The zero-order valence-corrected chi connectivity index (χ0v) is 12.6. The van der Waals surface area contributed by atoms with E-state index in [2.05, 4.69) is 72.8 Å². The minimum atomic E-state index is 1.04. The van der Waals surface area contributed by atoms with E-state index in [1.165, 1.54) is 53.9 Å². The third kappa shape index (κ3) is 1.37. The van der Waals surface area contributed by atoms with Crippen LogP contribution < -0.4 is 10.4 Å². The largest absolute Gasteiger partial charge is 0.0728 e. The van der Waals surface area contributed by atoms with Gasteiger partial charge in [-0.15, -0.1) is 0 Å². The predicted molar refractivity (Wildman–Crippen MR) is 99.7 cm³/mol. The van der Waals surface area contributed by atoms with Crippen molar-refractivity contribution in [1.29, 1.82) is 0 Å². The second-order valence-electron chi connectivity index (χ2n) is 6.54.